The van der Waals surface area contributed by atoms with Gasteiger partial charge in [0.25, 0.3) is 10.1 Å². The van der Waals surface area contributed by atoms with E-state index in [4.69, 9.17) is 8.97 Å². The molecule has 0 unspecified atom stereocenters. The van der Waals surface area contributed by atoms with Gasteiger partial charge in [-0.1, -0.05) is 29.8 Å². The zero-order valence-corrected chi connectivity index (χ0v) is 14.2. The Hall–Kier alpha value is -2.50. The summed E-state index contributed by atoms with van der Waals surface area (Å²) < 4.78 is 37.2. The second kappa shape index (κ2) is 6.19. The first-order valence-electron chi connectivity index (χ1n) is 7.43. The fourth-order valence-corrected chi connectivity index (χ4v) is 2.96. The van der Waals surface area contributed by atoms with Crippen LogP contribution >= 0.6 is 0 Å². The topological polar surface area (TPSA) is 65.7 Å². The summed E-state index contributed by atoms with van der Waals surface area (Å²) in [6.45, 7) is 3.90. The van der Waals surface area contributed by atoms with Gasteiger partial charge < -0.3 is 0 Å². The van der Waals surface area contributed by atoms with Crippen LogP contribution in [0.25, 0.3) is 22.5 Å². The van der Waals surface area contributed by atoms with Crippen LogP contribution in [0.1, 0.15) is 11.3 Å². The SMILES string of the molecule is Cc1ccc(-c2cc(-c3ccc(S(=O)(=O)O)cc3)cc(C)[o+]2)cc1. The van der Waals surface area contributed by atoms with Crippen molar-refractivity contribution in [2.75, 3.05) is 0 Å². The van der Waals surface area contributed by atoms with Gasteiger partial charge in [-0.2, -0.15) is 8.42 Å². The maximum Gasteiger partial charge on any atom is 0.360 e. The Kier molecular flexibility index (Phi) is 4.22. The van der Waals surface area contributed by atoms with Crippen LogP contribution in [-0.2, 0) is 10.1 Å². The number of hydrogen-bond acceptors (Lipinski definition) is 2. The molecule has 0 fully saturated rings. The van der Waals surface area contributed by atoms with E-state index in [-0.39, 0.29) is 4.90 Å². The molecule has 2 aromatic carbocycles. The van der Waals surface area contributed by atoms with E-state index in [1.54, 1.807) is 12.1 Å². The minimum Gasteiger partial charge on any atom is -0.282 e. The molecule has 0 spiro atoms. The molecule has 1 aromatic heterocycles. The third-order valence-electron chi connectivity index (χ3n) is 3.74. The average molecular weight is 341 g/mol. The highest BCUT2D eigenvalue weighted by molar-refractivity contribution is 7.85. The third-order valence-corrected chi connectivity index (χ3v) is 4.61. The van der Waals surface area contributed by atoms with Gasteiger partial charge in [0.15, 0.2) is 0 Å². The molecule has 122 valence electrons. The van der Waals surface area contributed by atoms with Crippen molar-refractivity contribution in [1.29, 1.82) is 0 Å². The van der Waals surface area contributed by atoms with Crippen molar-refractivity contribution < 1.29 is 17.4 Å². The largest absolute Gasteiger partial charge is 0.360 e. The minimum atomic E-state index is -4.18. The van der Waals surface area contributed by atoms with Crippen molar-refractivity contribution in [3.8, 4) is 22.5 Å². The zero-order valence-electron chi connectivity index (χ0n) is 13.4. The van der Waals surface area contributed by atoms with Crippen molar-refractivity contribution in [3.05, 3.63) is 72.0 Å². The maximum atomic E-state index is 11.1. The van der Waals surface area contributed by atoms with Gasteiger partial charge in [0.05, 0.1) is 23.4 Å². The van der Waals surface area contributed by atoms with E-state index in [9.17, 15) is 8.42 Å². The lowest BCUT2D eigenvalue weighted by Crippen LogP contribution is -1.97. The van der Waals surface area contributed by atoms with Crippen molar-refractivity contribution >= 4 is 10.1 Å². The first kappa shape index (κ1) is 16.4. The Labute approximate surface area is 141 Å². The third kappa shape index (κ3) is 3.53. The van der Waals surface area contributed by atoms with Crippen LogP contribution in [0, 0.1) is 13.8 Å². The van der Waals surface area contributed by atoms with Gasteiger partial charge in [-0.05, 0) is 36.8 Å². The molecule has 3 aromatic rings. The fourth-order valence-electron chi connectivity index (χ4n) is 2.48. The number of aryl methyl sites for hydroxylation is 2. The molecule has 0 amide bonds. The van der Waals surface area contributed by atoms with Gasteiger partial charge in [0.1, 0.15) is 0 Å². The van der Waals surface area contributed by atoms with Gasteiger partial charge >= 0.3 is 11.5 Å². The summed E-state index contributed by atoms with van der Waals surface area (Å²) in [6.07, 6.45) is 0. The number of rotatable bonds is 3. The quantitative estimate of drug-likeness (QED) is 0.551. The highest BCUT2D eigenvalue weighted by Gasteiger charge is 2.17. The first-order chi connectivity index (χ1) is 11.3. The molecule has 3 rings (SSSR count). The summed E-state index contributed by atoms with van der Waals surface area (Å²) in [5.74, 6) is 1.49. The normalized spacial score (nSPS) is 11.5. The Morgan fingerprint density at radius 1 is 0.792 bits per heavy atom. The first-order valence-corrected chi connectivity index (χ1v) is 8.87. The van der Waals surface area contributed by atoms with E-state index < -0.39 is 10.1 Å². The molecule has 0 bridgehead atoms. The van der Waals surface area contributed by atoms with Gasteiger partial charge in [-0.25, -0.2) is 4.42 Å². The molecule has 0 aliphatic carbocycles. The fraction of sp³-hybridized carbons (Fsp3) is 0.105. The molecular formula is C19H17O4S+. The molecule has 1 heterocycles. The predicted molar refractivity (Wildman–Crippen MR) is 93.3 cm³/mol. The summed E-state index contributed by atoms with van der Waals surface area (Å²) >= 11 is 0. The number of benzene rings is 2. The van der Waals surface area contributed by atoms with Gasteiger partial charge in [0.2, 0.25) is 0 Å². The summed E-state index contributed by atoms with van der Waals surface area (Å²) in [4.78, 5) is -0.123. The lowest BCUT2D eigenvalue weighted by molar-refractivity contribution is 0.483. The summed E-state index contributed by atoms with van der Waals surface area (Å²) in [5.41, 5.74) is 3.90. The van der Waals surface area contributed by atoms with Crippen molar-refractivity contribution in [2.45, 2.75) is 18.7 Å². The van der Waals surface area contributed by atoms with E-state index in [1.807, 2.05) is 50.2 Å². The average Bonchev–Trinajstić information content (AvgIpc) is 2.54. The number of hydrogen-bond donors (Lipinski definition) is 1. The Morgan fingerprint density at radius 3 is 1.96 bits per heavy atom. The van der Waals surface area contributed by atoms with Crippen LogP contribution in [0.5, 0.6) is 0 Å². The van der Waals surface area contributed by atoms with Gasteiger partial charge in [0, 0.05) is 11.6 Å². The van der Waals surface area contributed by atoms with Gasteiger partial charge in [-0.15, -0.1) is 0 Å². The van der Waals surface area contributed by atoms with E-state index >= 15 is 0 Å². The highest BCUT2D eigenvalue weighted by atomic mass is 32.2. The summed E-state index contributed by atoms with van der Waals surface area (Å²) in [5, 5.41) is 0. The van der Waals surface area contributed by atoms with E-state index in [2.05, 4.69) is 0 Å². The monoisotopic (exact) mass is 341 g/mol. The Bertz CT molecular complexity index is 973. The van der Waals surface area contributed by atoms with Crippen LogP contribution in [0.15, 0.2) is 70.0 Å². The molecular weight excluding hydrogens is 324 g/mol. The Morgan fingerprint density at radius 2 is 1.38 bits per heavy atom. The highest BCUT2D eigenvalue weighted by Crippen LogP contribution is 2.29. The maximum absolute atomic E-state index is 11.1. The smallest absolute Gasteiger partial charge is 0.282 e. The lowest BCUT2D eigenvalue weighted by atomic mass is 10.0. The van der Waals surface area contributed by atoms with E-state index in [1.165, 1.54) is 17.7 Å². The van der Waals surface area contributed by atoms with Crippen LogP contribution in [0.4, 0.5) is 0 Å². The van der Waals surface area contributed by atoms with Crippen LogP contribution < -0.4 is 0 Å². The zero-order chi connectivity index (χ0) is 17.3. The molecule has 1 N–H and O–H groups in total. The van der Waals surface area contributed by atoms with Crippen molar-refractivity contribution in [3.63, 3.8) is 0 Å². The molecule has 5 heteroatoms. The van der Waals surface area contributed by atoms with Crippen LogP contribution in [0.3, 0.4) is 0 Å². The molecule has 0 saturated heterocycles. The van der Waals surface area contributed by atoms with Crippen molar-refractivity contribution in [2.24, 2.45) is 0 Å². The standard InChI is InChI=1S/C19H16O4S/c1-13-3-5-16(6-4-13)19-12-17(11-14(2)23-19)15-7-9-18(10-8-15)24(20,21)22/h3-12H,1-2H3/p+1. The molecule has 0 atom stereocenters. The predicted octanol–water partition coefficient (Wildman–Crippen LogP) is 4.76. The summed E-state index contributed by atoms with van der Waals surface area (Å²) in [7, 11) is -4.18. The lowest BCUT2D eigenvalue weighted by Gasteiger charge is -2.03. The van der Waals surface area contributed by atoms with E-state index in [0.717, 1.165) is 28.2 Å². The van der Waals surface area contributed by atoms with Crippen molar-refractivity contribution in [1.82, 2.24) is 0 Å². The minimum absolute atomic E-state index is 0.123. The molecule has 0 aliphatic rings. The summed E-state index contributed by atoms with van der Waals surface area (Å²) in [6, 6.07) is 17.9. The van der Waals surface area contributed by atoms with E-state index in [0.29, 0.717) is 0 Å². The molecule has 0 aliphatic heterocycles. The molecule has 0 radical (unpaired) electrons. The van der Waals surface area contributed by atoms with Crippen LogP contribution in [0.2, 0.25) is 0 Å². The van der Waals surface area contributed by atoms with Crippen LogP contribution in [-0.4, -0.2) is 13.0 Å². The second-order valence-electron chi connectivity index (χ2n) is 5.69. The Balaban J connectivity index is 2.04. The molecule has 0 saturated carbocycles. The van der Waals surface area contributed by atoms with Gasteiger partial charge in [-0.3, -0.25) is 4.55 Å². The molecule has 4 nitrogen and oxygen atoms in total. The second-order valence-corrected chi connectivity index (χ2v) is 7.11. The molecule has 24 heavy (non-hydrogen) atoms.